The second-order valence-corrected chi connectivity index (χ2v) is 9.65. The van der Waals surface area contributed by atoms with Gasteiger partial charge in [0.25, 0.3) is 5.17 Å². The minimum atomic E-state index is -0.414. The lowest BCUT2D eigenvalue weighted by atomic mass is 10.2. The second-order valence-electron chi connectivity index (χ2n) is 9.28. The largest absolute Gasteiger partial charge is 0.474 e. The molecule has 5 heterocycles. The van der Waals surface area contributed by atoms with Crippen LogP contribution in [-0.4, -0.2) is 116 Å². The van der Waals surface area contributed by atoms with E-state index < -0.39 is 6.09 Å². The van der Waals surface area contributed by atoms with Gasteiger partial charge in [0.05, 0.1) is 32.1 Å². The molecule has 3 aliphatic heterocycles. The first-order valence-corrected chi connectivity index (χ1v) is 13.1. The number of carbonyl (C=O) groups excluding carboxylic acids is 2. The number of carbonyl (C=O) groups is 2. The van der Waals surface area contributed by atoms with Crippen LogP contribution in [-0.2, 0) is 9.47 Å². The van der Waals surface area contributed by atoms with Crippen LogP contribution in [0.25, 0.3) is 0 Å². The molecule has 0 saturated carbocycles. The lowest BCUT2D eigenvalue weighted by molar-refractivity contribution is 0.142. The van der Waals surface area contributed by atoms with Gasteiger partial charge >= 0.3 is 12.1 Å². The number of thiocarbonyl (C=S) groups is 1. The van der Waals surface area contributed by atoms with E-state index in [1.807, 2.05) is 40.1 Å². The molecule has 38 heavy (non-hydrogen) atoms. The molecule has 0 spiro atoms. The topological polar surface area (TPSA) is 107 Å². The van der Waals surface area contributed by atoms with E-state index in [4.69, 9.17) is 21.7 Å². The van der Waals surface area contributed by atoms with Crippen molar-refractivity contribution in [2.24, 2.45) is 0 Å². The van der Waals surface area contributed by atoms with Crippen molar-refractivity contribution in [3.8, 4) is 0 Å². The first-order chi connectivity index (χ1) is 18.5. The van der Waals surface area contributed by atoms with E-state index in [1.54, 1.807) is 17.3 Å². The molecule has 0 aromatic carbocycles. The molecule has 0 radical (unpaired) electrons. The SMILES string of the molecule is COC(=S)NC[C@H]1CN(c2ccc(N3CCN(C(=O)N4CCN(c5ccccn5)CC4)CC3)nc2)C(=O)O1. The van der Waals surface area contributed by atoms with E-state index >= 15 is 0 Å². The van der Waals surface area contributed by atoms with Crippen molar-refractivity contribution in [3.63, 3.8) is 0 Å². The minimum absolute atomic E-state index is 0.0940. The molecular formula is C25H32N8O4S. The van der Waals surface area contributed by atoms with Gasteiger partial charge in [-0.15, -0.1) is 0 Å². The molecule has 0 aliphatic carbocycles. The number of urea groups is 1. The van der Waals surface area contributed by atoms with Gasteiger partial charge in [0.2, 0.25) is 0 Å². The zero-order valence-corrected chi connectivity index (χ0v) is 22.2. The van der Waals surface area contributed by atoms with Crippen LogP contribution < -0.4 is 20.0 Å². The van der Waals surface area contributed by atoms with E-state index in [1.165, 1.54) is 7.11 Å². The Kier molecular flexibility index (Phi) is 7.91. The zero-order chi connectivity index (χ0) is 26.5. The fraction of sp³-hybridized carbons (Fsp3) is 0.480. The number of aromatic nitrogens is 2. The van der Waals surface area contributed by atoms with Gasteiger partial charge in [-0.2, -0.15) is 0 Å². The quantitative estimate of drug-likeness (QED) is 0.559. The Bertz CT molecular complexity index is 1120. The van der Waals surface area contributed by atoms with Gasteiger partial charge in [0.15, 0.2) is 0 Å². The van der Waals surface area contributed by atoms with Crippen LogP contribution in [0.15, 0.2) is 42.7 Å². The third-order valence-electron chi connectivity index (χ3n) is 6.98. The van der Waals surface area contributed by atoms with Crippen molar-refractivity contribution in [3.05, 3.63) is 42.7 Å². The summed E-state index contributed by atoms with van der Waals surface area (Å²) in [5.74, 6) is 1.78. The van der Waals surface area contributed by atoms with Gasteiger partial charge in [-0.3, -0.25) is 4.90 Å². The van der Waals surface area contributed by atoms with Crippen LogP contribution in [0.5, 0.6) is 0 Å². The van der Waals surface area contributed by atoms with Crippen molar-refractivity contribution in [1.82, 2.24) is 25.1 Å². The fourth-order valence-corrected chi connectivity index (χ4v) is 4.91. The predicted molar refractivity (Wildman–Crippen MR) is 147 cm³/mol. The number of rotatable bonds is 5. The standard InChI is InChI=1S/C25H32N8O4S/c1-36-23(38)28-17-20-18-33(25(35)37-20)19-5-6-22(27-16-19)30-10-14-32(15-11-30)24(34)31-12-8-29(9-13-31)21-4-2-3-7-26-21/h2-7,16,20H,8-15,17-18H2,1H3,(H,28,38)/t20-/m0/s1. The van der Waals surface area contributed by atoms with Gasteiger partial charge in [0.1, 0.15) is 17.7 Å². The number of piperazine rings is 2. The van der Waals surface area contributed by atoms with Crippen LogP contribution in [0.4, 0.5) is 26.9 Å². The van der Waals surface area contributed by atoms with Crippen LogP contribution in [0.3, 0.4) is 0 Å². The van der Waals surface area contributed by atoms with Crippen molar-refractivity contribution in [1.29, 1.82) is 0 Å². The molecule has 1 atom stereocenters. The van der Waals surface area contributed by atoms with E-state index in [9.17, 15) is 9.59 Å². The highest BCUT2D eigenvalue weighted by Gasteiger charge is 2.33. The van der Waals surface area contributed by atoms with Gasteiger partial charge in [-0.1, -0.05) is 6.07 Å². The summed E-state index contributed by atoms with van der Waals surface area (Å²) in [7, 11) is 1.49. The number of pyridine rings is 2. The molecule has 3 fully saturated rings. The number of hydrogen-bond donors (Lipinski definition) is 1. The normalized spacial score (nSPS) is 19.9. The van der Waals surface area contributed by atoms with Gasteiger partial charge in [0, 0.05) is 58.6 Å². The van der Waals surface area contributed by atoms with Crippen molar-refractivity contribution in [2.45, 2.75) is 6.10 Å². The van der Waals surface area contributed by atoms with Crippen molar-refractivity contribution < 1.29 is 19.1 Å². The number of cyclic esters (lactones) is 1. The van der Waals surface area contributed by atoms with Gasteiger partial charge in [-0.05, 0) is 36.5 Å². The minimum Gasteiger partial charge on any atom is -0.474 e. The average molecular weight is 541 g/mol. The summed E-state index contributed by atoms with van der Waals surface area (Å²) >= 11 is 4.96. The molecule has 3 amide bonds. The Morgan fingerprint density at radius 1 is 1.00 bits per heavy atom. The summed E-state index contributed by atoms with van der Waals surface area (Å²) in [6.45, 7) is 6.39. The number of nitrogens with one attached hydrogen (secondary N) is 1. The second kappa shape index (κ2) is 11.7. The smallest absolute Gasteiger partial charge is 0.414 e. The molecule has 2 aromatic heterocycles. The Hall–Kier alpha value is -3.87. The van der Waals surface area contributed by atoms with E-state index in [0.717, 1.165) is 24.7 Å². The first-order valence-electron chi connectivity index (χ1n) is 12.7. The molecule has 0 unspecified atom stereocenters. The molecule has 5 rings (SSSR count). The molecule has 202 valence electrons. The fourth-order valence-electron chi connectivity index (χ4n) is 4.83. The maximum absolute atomic E-state index is 13.1. The lowest BCUT2D eigenvalue weighted by Crippen LogP contribution is -2.57. The molecule has 0 bridgehead atoms. The molecule has 3 aliphatic rings. The number of amides is 3. The van der Waals surface area contributed by atoms with Crippen molar-refractivity contribution >= 4 is 46.8 Å². The highest BCUT2D eigenvalue weighted by Crippen LogP contribution is 2.24. The summed E-state index contributed by atoms with van der Waals surface area (Å²) in [4.78, 5) is 44.2. The van der Waals surface area contributed by atoms with Crippen molar-refractivity contribution in [2.75, 3.05) is 87.3 Å². The third kappa shape index (κ3) is 5.82. The maximum atomic E-state index is 13.1. The van der Waals surface area contributed by atoms with Gasteiger partial charge in [-0.25, -0.2) is 19.6 Å². The number of ether oxygens (including phenoxy) is 2. The summed E-state index contributed by atoms with van der Waals surface area (Å²) in [6, 6.07) is 9.77. The number of nitrogens with zero attached hydrogens (tertiary/aromatic N) is 7. The van der Waals surface area contributed by atoms with E-state index in [-0.39, 0.29) is 17.3 Å². The van der Waals surface area contributed by atoms with E-state index in [0.29, 0.717) is 58.0 Å². The monoisotopic (exact) mass is 540 g/mol. The molecule has 2 aromatic rings. The maximum Gasteiger partial charge on any atom is 0.414 e. The average Bonchev–Trinajstić information content (AvgIpc) is 3.36. The van der Waals surface area contributed by atoms with Crippen LogP contribution in [0.1, 0.15) is 0 Å². The molecule has 3 saturated heterocycles. The Morgan fingerprint density at radius 3 is 2.21 bits per heavy atom. The van der Waals surface area contributed by atoms with E-state index in [2.05, 4.69) is 25.1 Å². The number of hydrogen-bond acceptors (Lipinski definition) is 9. The van der Waals surface area contributed by atoms with Crippen LogP contribution >= 0.6 is 12.2 Å². The zero-order valence-electron chi connectivity index (χ0n) is 21.4. The lowest BCUT2D eigenvalue weighted by Gasteiger charge is -2.41. The molecular weight excluding hydrogens is 508 g/mol. The predicted octanol–water partition coefficient (Wildman–Crippen LogP) is 1.39. The first kappa shape index (κ1) is 25.8. The molecule has 1 N–H and O–H groups in total. The van der Waals surface area contributed by atoms with Gasteiger partial charge < -0.3 is 34.4 Å². The molecule has 13 heteroatoms. The Labute approximate surface area is 227 Å². The highest BCUT2D eigenvalue weighted by molar-refractivity contribution is 7.80. The third-order valence-corrected chi connectivity index (χ3v) is 7.29. The van der Waals surface area contributed by atoms with Crippen LogP contribution in [0.2, 0.25) is 0 Å². The Morgan fingerprint density at radius 2 is 1.66 bits per heavy atom. The number of anilines is 3. The summed E-state index contributed by atoms with van der Waals surface area (Å²) in [5.41, 5.74) is 0.675. The van der Waals surface area contributed by atoms with Crippen LogP contribution in [0, 0.1) is 0 Å². The Balaban J connectivity index is 1.08. The molecule has 12 nitrogen and oxygen atoms in total. The highest BCUT2D eigenvalue weighted by atomic mass is 32.1. The summed E-state index contributed by atoms with van der Waals surface area (Å²) in [5, 5.41) is 3.17. The number of methoxy groups -OCH3 is 1. The summed E-state index contributed by atoms with van der Waals surface area (Å²) in [6.07, 6.45) is 2.73. The summed E-state index contributed by atoms with van der Waals surface area (Å²) < 4.78 is 10.3.